The van der Waals surface area contributed by atoms with Gasteiger partial charge >= 0.3 is 0 Å². The first-order valence-electron chi connectivity index (χ1n) is 9.83. The zero-order valence-corrected chi connectivity index (χ0v) is 18.4. The van der Waals surface area contributed by atoms with Crippen LogP contribution >= 0.6 is 0 Å². The molecule has 140 valence electrons. The molecule has 0 aliphatic heterocycles. The number of benzene rings is 1. The summed E-state index contributed by atoms with van der Waals surface area (Å²) in [7, 11) is -1.48. The zero-order valence-electron chi connectivity index (χ0n) is 17.4. The molecule has 0 spiro atoms. The summed E-state index contributed by atoms with van der Waals surface area (Å²) in [5, 5.41) is 4.16. The van der Waals surface area contributed by atoms with E-state index in [1.165, 1.54) is 36.8 Å². The molecule has 0 bridgehead atoms. The highest BCUT2D eigenvalue weighted by Gasteiger charge is 2.33. The minimum absolute atomic E-state index is 0.356. The highest BCUT2D eigenvalue weighted by molar-refractivity contribution is 6.84. The van der Waals surface area contributed by atoms with E-state index >= 15 is 0 Å². The third kappa shape index (κ3) is 7.33. The SMILES string of the molecule is C=C/C(=C/[Si](C)(C)C(C)(C)C)C(CCCCC)NCc1ccccc1. The van der Waals surface area contributed by atoms with Crippen molar-refractivity contribution >= 4 is 8.07 Å². The molecule has 0 aromatic heterocycles. The van der Waals surface area contributed by atoms with Gasteiger partial charge in [-0.05, 0) is 22.6 Å². The van der Waals surface area contributed by atoms with E-state index in [-0.39, 0.29) is 0 Å². The third-order valence-corrected chi connectivity index (χ3v) is 10.5. The lowest BCUT2D eigenvalue weighted by Gasteiger charge is -2.36. The number of hydrogen-bond donors (Lipinski definition) is 1. The van der Waals surface area contributed by atoms with Crippen molar-refractivity contribution in [2.45, 2.75) is 84.1 Å². The van der Waals surface area contributed by atoms with E-state index < -0.39 is 8.07 Å². The topological polar surface area (TPSA) is 12.0 Å². The van der Waals surface area contributed by atoms with E-state index in [4.69, 9.17) is 0 Å². The fourth-order valence-corrected chi connectivity index (χ4v) is 4.34. The summed E-state index contributed by atoms with van der Waals surface area (Å²) in [5.41, 5.74) is 5.33. The van der Waals surface area contributed by atoms with Crippen LogP contribution in [0.25, 0.3) is 0 Å². The third-order valence-electron chi connectivity index (χ3n) is 5.59. The van der Waals surface area contributed by atoms with E-state index in [9.17, 15) is 0 Å². The minimum Gasteiger partial charge on any atom is -0.306 e. The Hall–Kier alpha value is -1.12. The molecule has 1 rings (SSSR count). The molecule has 0 amide bonds. The highest BCUT2D eigenvalue weighted by atomic mass is 28.3. The predicted octanol–water partition coefficient (Wildman–Crippen LogP) is 6.89. The first-order valence-corrected chi connectivity index (χ1v) is 12.9. The maximum atomic E-state index is 4.15. The molecule has 1 aromatic carbocycles. The summed E-state index contributed by atoms with van der Waals surface area (Å²) in [6.45, 7) is 19.4. The molecule has 25 heavy (non-hydrogen) atoms. The molecule has 0 aliphatic carbocycles. The van der Waals surface area contributed by atoms with Crippen LogP contribution in [0.3, 0.4) is 0 Å². The Balaban J connectivity index is 2.95. The molecule has 0 saturated heterocycles. The molecular formula is C23H39NSi. The van der Waals surface area contributed by atoms with Crippen LogP contribution in [-0.2, 0) is 6.54 Å². The van der Waals surface area contributed by atoms with Crippen LogP contribution in [-0.4, -0.2) is 14.1 Å². The van der Waals surface area contributed by atoms with Crippen molar-refractivity contribution in [3.63, 3.8) is 0 Å². The lowest BCUT2D eigenvalue weighted by Crippen LogP contribution is -2.38. The Morgan fingerprint density at radius 2 is 1.80 bits per heavy atom. The van der Waals surface area contributed by atoms with Crippen LogP contribution in [0.1, 0.15) is 58.9 Å². The van der Waals surface area contributed by atoms with Gasteiger partial charge in [0.1, 0.15) is 0 Å². The van der Waals surface area contributed by atoms with Gasteiger partial charge in [-0.15, -0.1) is 0 Å². The summed E-state index contributed by atoms with van der Waals surface area (Å²) in [4.78, 5) is 0. The molecule has 1 unspecified atom stereocenters. The van der Waals surface area contributed by atoms with Crippen molar-refractivity contribution in [2.75, 3.05) is 0 Å². The van der Waals surface area contributed by atoms with Crippen molar-refractivity contribution < 1.29 is 0 Å². The van der Waals surface area contributed by atoms with Crippen molar-refractivity contribution in [3.05, 3.63) is 59.8 Å². The van der Waals surface area contributed by atoms with Gasteiger partial charge in [-0.1, -0.05) is 109 Å². The second kappa shape index (κ2) is 10.1. The second-order valence-corrected chi connectivity index (χ2v) is 14.0. The van der Waals surface area contributed by atoms with Crippen LogP contribution in [0.15, 0.2) is 54.3 Å². The van der Waals surface area contributed by atoms with Crippen LogP contribution < -0.4 is 5.32 Å². The maximum absolute atomic E-state index is 4.15. The van der Waals surface area contributed by atoms with E-state index in [1.54, 1.807) is 0 Å². The molecule has 2 heteroatoms. The molecule has 1 atom stereocenters. The van der Waals surface area contributed by atoms with E-state index in [0.29, 0.717) is 11.1 Å². The molecule has 0 saturated carbocycles. The summed E-state index contributed by atoms with van der Waals surface area (Å²) in [6.07, 6.45) is 7.11. The highest BCUT2D eigenvalue weighted by Crippen LogP contribution is 2.37. The van der Waals surface area contributed by atoms with Crippen molar-refractivity contribution in [1.82, 2.24) is 5.32 Å². The monoisotopic (exact) mass is 357 g/mol. The summed E-state index contributed by atoms with van der Waals surface area (Å²) >= 11 is 0. The van der Waals surface area contributed by atoms with Gasteiger partial charge in [-0.25, -0.2) is 0 Å². The molecular weight excluding hydrogens is 318 g/mol. The standard InChI is InChI=1S/C23H39NSi/c1-8-10-12-17-22(24-18-20-15-13-11-14-16-20)21(9-2)19-25(6,7)23(3,4)5/h9,11,13-16,19,22,24H,2,8,10,12,17-18H2,1,3-7H3/b21-19-. The Kier molecular flexibility index (Phi) is 8.88. The Morgan fingerprint density at radius 1 is 1.16 bits per heavy atom. The Bertz CT molecular complexity index is 537. The number of unbranched alkanes of at least 4 members (excludes halogenated alkanes) is 2. The molecule has 1 nitrogen and oxygen atoms in total. The van der Waals surface area contributed by atoms with E-state index in [1.807, 2.05) is 0 Å². The lowest BCUT2D eigenvalue weighted by atomic mass is 10.0. The lowest BCUT2D eigenvalue weighted by molar-refractivity contribution is 0.511. The number of nitrogens with one attached hydrogen (secondary N) is 1. The van der Waals surface area contributed by atoms with Crippen LogP contribution in [0.2, 0.25) is 18.1 Å². The Labute approximate surface area is 157 Å². The smallest absolute Gasteiger partial charge is 0.0774 e. The fraction of sp³-hybridized carbons (Fsp3) is 0.565. The van der Waals surface area contributed by atoms with Gasteiger partial charge in [0.05, 0.1) is 8.07 Å². The van der Waals surface area contributed by atoms with Gasteiger partial charge in [0.2, 0.25) is 0 Å². The van der Waals surface area contributed by atoms with Crippen molar-refractivity contribution in [1.29, 1.82) is 0 Å². The van der Waals surface area contributed by atoms with Gasteiger partial charge in [-0.2, -0.15) is 0 Å². The normalized spacial score (nSPS) is 14.4. The zero-order chi connectivity index (χ0) is 18.9. The van der Waals surface area contributed by atoms with Crippen LogP contribution in [0, 0.1) is 0 Å². The first kappa shape index (κ1) is 21.9. The summed E-state index contributed by atoms with van der Waals surface area (Å²) < 4.78 is 0. The summed E-state index contributed by atoms with van der Waals surface area (Å²) in [5.74, 6) is 0. The fourth-order valence-electron chi connectivity index (χ4n) is 2.76. The van der Waals surface area contributed by atoms with Crippen LogP contribution in [0.5, 0.6) is 0 Å². The summed E-state index contributed by atoms with van der Waals surface area (Å²) in [6, 6.07) is 11.1. The minimum atomic E-state index is -1.48. The van der Waals surface area contributed by atoms with Gasteiger partial charge in [-0.3, -0.25) is 0 Å². The maximum Gasteiger partial charge on any atom is 0.0774 e. The van der Waals surface area contributed by atoms with E-state index in [2.05, 4.69) is 94.8 Å². The average Bonchev–Trinajstić information content (AvgIpc) is 2.56. The average molecular weight is 358 g/mol. The largest absolute Gasteiger partial charge is 0.306 e. The van der Waals surface area contributed by atoms with Crippen molar-refractivity contribution in [2.24, 2.45) is 0 Å². The quantitative estimate of drug-likeness (QED) is 0.273. The molecule has 0 aliphatic rings. The van der Waals surface area contributed by atoms with Gasteiger partial charge in [0, 0.05) is 12.6 Å². The number of hydrogen-bond acceptors (Lipinski definition) is 1. The van der Waals surface area contributed by atoms with Gasteiger partial charge in [0.25, 0.3) is 0 Å². The van der Waals surface area contributed by atoms with Crippen molar-refractivity contribution in [3.8, 4) is 0 Å². The van der Waals surface area contributed by atoms with Gasteiger partial charge in [0.15, 0.2) is 0 Å². The molecule has 0 heterocycles. The molecule has 0 fully saturated rings. The molecule has 1 N–H and O–H groups in total. The number of rotatable bonds is 10. The first-order chi connectivity index (χ1) is 11.7. The van der Waals surface area contributed by atoms with Gasteiger partial charge < -0.3 is 5.32 Å². The Morgan fingerprint density at radius 3 is 2.32 bits per heavy atom. The van der Waals surface area contributed by atoms with Crippen LogP contribution in [0.4, 0.5) is 0 Å². The van der Waals surface area contributed by atoms with E-state index in [0.717, 1.165) is 6.54 Å². The predicted molar refractivity (Wildman–Crippen MR) is 117 cm³/mol. The second-order valence-electron chi connectivity index (χ2n) is 8.74. The molecule has 0 radical (unpaired) electrons. The molecule has 1 aromatic rings.